The number of aryl methyl sites for hydroxylation is 1. The predicted octanol–water partition coefficient (Wildman–Crippen LogP) is 3.33. The van der Waals surface area contributed by atoms with Crippen molar-refractivity contribution in [2.75, 3.05) is 13.2 Å². The molecule has 1 aliphatic heterocycles. The number of nitrogens with one attached hydrogen (secondary N) is 1. The van der Waals surface area contributed by atoms with E-state index in [2.05, 4.69) is 5.32 Å². The van der Waals surface area contributed by atoms with Crippen LogP contribution in [0.15, 0.2) is 48.5 Å². The predicted molar refractivity (Wildman–Crippen MR) is 104 cm³/mol. The molecule has 1 aliphatic rings. The van der Waals surface area contributed by atoms with Gasteiger partial charge in [0.05, 0.1) is 5.54 Å². The molecule has 2 aromatic rings. The van der Waals surface area contributed by atoms with E-state index >= 15 is 0 Å². The van der Waals surface area contributed by atoms with E-state index in [4.69, 9.17) is 15.2 Å². The van der Waals surface area contributed by atoms with Gasteiger partial charge in [-0.3, -0.25) is 4.79 Å². The smallest absolute Gasteiger partial charge is 0.240 e. The lowest BCUT2D eigenvalue weighted by atomic mass is 9.90. The average molecular weight is 377 g/mol. The van der Waals surface area contributed by atoms with Crippen LogP contribution in [0.25, 0.3) is 0 Å². The third kappa shape index (κ3) is 4.97. The fourth-order valence-corrected chi connectivity index (χ4v) is 2.83. The van der Waals surface area contributed by atoms with Gasteiger partial charge in [0.15, 0.2) is 0 Å². The first-order valence-corrected chi connectivity index (χ1v) is 8.54. The lowest BCUT2D eigenvalue weighted by Crippen LogP contribution is -2.56. The van der Waals surface area contributed by atoms with Crippen LogP contribution >= 0.6 is 12.4 Å². The highest BCUT2D eigenvalue weighted by Crippen LogP contribution is 2.27. The van der Waals surface area contributed by atoms with Crippen LogP contribution in [-0.2, 0) is 16.1 Å². The molecule has 0 aromatic heterocycles. The minimum Gasteiger partial charge on any atom is -0.457 e. The number of carbonyl (C=O) groups excluding carboxylic acids is 1. The second kappa shape index (κ2) is 9.03. The van der Waals surface area contributed by atoms with E-state index in [1.165, 1.54) is 0 Å². The van der Waals surface area contributed by atoms with E-state index < -0.39 is 5.54 Å². The minimum absolute atomic E-state index is 0. The van der Waals surface area contributed by atoms with Crippen molar-refractivity contribution < 1.29 is 14.3 Å². The molecule has 1 saturated heterocycles. The van der Waals surface area contributed by atoms with Gasteiger partial charge in [0.25, 0.3) is 0 Å². The summed E-state index contributed by atoms with van der Waals surface area (Å²) >= 11 is 0. The third-order valence-corrected chi connectivity index (χ3v) is 4.47. The van der Waals surface area contributed by atoms with Crippen molar-refractivity contribution in [1.82, 2.24) is 5.32 Å². The van der Waals surface area contributed by atoms with Gasteiger partial charge in [0.2, 0.25) is 5.91 Å². The van der Waals surface area contributed by atoms with Gasteiger partial charge in [-0.15, -0.1) is 12.4 Å². The molecule has 3 rings (SSSR count). The molecule has 0 atom stereocenters. The maximum atomic E-state index is 12.5. The molecule has 5 nitrogen and oxygen atoms in total. The molecule has 3 N–H and O–H groups in total. The number of halogens is 1. The van der Waals surface area contributed by atoms with E-state index in [0.717, 1.165) is 22.6 Å². The standard InChI is InChI=1S/C20H24N2O3.ClH/c1-15-7-8-16(18(13-15)25-17-5-3-2-4-6-17)14-22-19(23)20(21)9-11-24-12-10-20;/h2-8,13H,9-12,14,21H2,1H3,(H,22,23);1H. The van der Waals surface area contributed by atoms with Gasteiger partial charge >= 0.3 is 0 Å². The number of para-hydroxylation sites is 1. The van der Waals surface area contributed by atoms with Crippen LogP contribution in [0.5, 0.6) is 11.5 Å². The highest BCUT2D eigenvalue weighted by Gasteiger charge is 2.35. The summed E-state index contributed by atoms with van der Waals surface area (Å²) < 4.78 is 11.3. The highest BCUT2D eigenvalue weighted by molar-refractivity contribution is 5.86. The number of hydrogen-bond acceptors (Lipinski definition) is 4. The molecular formula is C20H25ClN2O3. The molecule has 26 heavy (non-hydrogen) atoms. The Morgan fingerprint density at radius 2 is 1.88 bits per heavy atom. The largest absolute Gasteiger partial charge is 0.457 e. The first-order chi connectivity index (χ1) is 12.1. The summed E-state index contributed by atoms with van der Waals surface area (Å²) in [5, 5.41) is 2.96. The number of hydrogen-bond donors (Lipinski definition) is 2. The molecule has 140 valence electrons. The SMILES string of the molecule is Cc1ccc(CNC(=O)C2(N)CCOCC2)c(Oc2ccccc2)c1.Cl. The summed E-state index contributed by atoms with van der Waals surface area (Å²) in [7, 11) is 0. The molecule has 2 aromatic carbocycles. The number of ether oxygens (including phenoxy) is 2. The maximum absolute atomic E-state index is 12.5. The number of benzene rings is 2. The van der Waals surface area contributed by atoms with E-state index in [1.807, 2.05) is 55.5 Å². The summed E-state index contributed by atoms with van der Waals surface area (Å²) in [5.41, 5.74) is 7.40. The van der Waals surface area contributed by atoms with E-state index in [-0.39, 0.29) is 18.3 Å². The van der Waals surface area contributed by atoms with Crippen molar-refractivity contribution in [1.29, 1.82) is 0 Å². The Kier molecular flexibility index (Phi) is 7.03. The molecule has 0 radical (unpaired) electrons. The van der Waals surface area contributed by atoms with E-state index in [0.29, 0.717) is 32.6 Å². The summed E-state index contributed by atoms with van der Waals surface area (Å²) in [5.74, 6) is 1.37. The summed E-state index contributed by atoms with van der Waals surface area (Å²) in [6.45, 7) is 3.44. The van der Waals surface area contributed by atoms with Crippen LogP contribution in [0.3, 0.4) is 0 Å². The van der Waals surface area contributed by atoms with E-state index in [1.54, 1.807) is 0 Å². The summed E-state index contributed by atoms with van der Waals surface area (Å²) in [4.78, 5) is 12.5. The zero-order chi connectivity index (χ0) is 17.7. The van der Waals surface area contributed by atoms with Gasteiger partial charge in [0, 0.05) is 25.3 Å². The van der Waals surface area contributed by atoms with Crippen LogP contribution in [0, 0.1) is 6.92 Å². The van der Waals surface area contributed by atoms with Gasteiger partial charge < -0.3 is 20.5 Å². The molecular weight excluding hydrogens is 352 g/mol. The van der Waals surface area contributed by atoms with Crippen molar-refractivity contribution in [3.63, 3.8) is 0 Å². The lowest BCUT2D eigenvalue weighted by Gasteiger charge is -2.31. The van der Waals surface area contributed by atoms with Crippen LogP contribution < -0.4 is 15.8 Å². The van der Waals surface area contributed by atoms with Gasteiger partial charge in [0.1, 0.15) is 11.5 Å². The molecule has 1 heterocycles. The third-order valence-electron chi connectivity index (χ3n) is 4.47. The number of carbonyl (C=O) groups is 1. The van der Waals surface area contributed by atoms with Gasteiger partial charge in [-0.2, -0.15) is 0 Å². The average Bonchev–Trinajstić information content (AvgIpc) is 2.62. The van der Waals surface area contributed by atoms with Crippen molar-refractivity contribution in [3.05, 3.63) is 59.7 Å². The zero-order valence-corrected chi connectivity index (χ0v) is 15.7. The molecule has 0 saturated carbocycles. The van der Waals surface area contributed by atoms with Crippen molar-refractivity contribution >= 4 is 18.3 Å². The Bertz CT molecular complexity index is 731. The molecule has 0 bridgehead atoms. The molecule has 1 fully saturated rings. The Morgan fingerprint density at radius 1 is 1.19 bits per heavy atom. The van der Waals surface area contributed by atoms with E-state index in [9.17, 15) is 4.79 Å². The van der Waals surface area contributed by atoms with Crippen molar-refractivity contribution in [2.24, 2.45) is 5.73 Å². The molecule has 1 amide bonds. The van der Waals surface area contributed by atoms with Crippen molar-refractivity contribution in [3.8, 4) is 11.5 Å². The number of amides is 1. The molecule has 0 unspecified atom stereocenters. The fraction of sp³-hybridized carbons (Fsp3) is 0.350. The zero-order valence-electron chi connectivity index (χ0n) is 14.9. The Morgan fingerprint density at radius 3 is 2.58 bits per heavy atom. The Hall–Kier alpha value is -2.08. The summed E-state index contributed by atoms with van der Waals surface area (Å²) in [6.07, 6.45) is 1.08. The second-order valence-electron chi connectivity index (χ2n) is 6.48. The van der Waals surface area contributed by atoms with Gasteiger partial charge in [-0.25, -0.2) is 0 Å². The normalized spacial score (nSPS) is 15.6. The molecule has 6 heteroatoms. The second-order valence-corrected chi connectivity index (χ2v) is 6.48. The molecule has 0 aliphatic carbocycles. The topological polar surface area (TPSA) is 73.6 Å². The lowest BCUT2D eigenvalue weighted by molar-refractivity contribution is -0.129. The number of nitrogens with two attached hydrogens (primary N) is 1. The fourth-order valence-electron chi connectivity index (χ4n) is 2.83. The first-order valence-electron chi connectivity index (χ1n) is 8.54. The number of rotatable bonds is 5. The van der Waals surface area contributed by atoms with Gasteiger partial charge in [-0.05, 0) is 43.5 Å². The maximum Gasteiger partial charge on any atom is 0.240 e. The Labute approximate surface area is 160 Å². The molecule has 0 spiro atoms. The minimum atomic E-state index is -0.844. The summed E-state index contributed by atoms with van der Waals surface area (Å²) in [6, 6.07) is 15.6. The quantitative estimate of drug-likeness (QED) is 0.839. The van der Waals surface area contributed by atoms with Crippen LogP contribution in [0.4, 0.5) is 0 Å². The first kappa shape index (κ1) is 20.2. The van der Waals surface area contributed by atoms with Gasteiger partial charge in [-0.1, -0.05) is 30.3 Å². The van der Waals surface area contributed by atoms with Crippen molar-refractivity contribution in [2.45, 2.75) is 31.8 Å². The monoisotopic (exact) mass is 376 g/mol. The Balaban J connectivity index is 0.00000243. The highest BCUT2D eigenvalue weighted by atomic mass is 35.5. The van der Waals surface area contributed by atoms with Crippen LogP contribution in [0.1, 0.15) is 24.0 Å². The van der Waals surface area contributed by atoms with Crippen LogP contribution in [0.2, 0.25) is 0 Å². The van der Waals surface area contributed by atoms with Crippen LogP contribution in [-0.4, -0.2) is 24.7 Å².